The lowest BCUT2D eigenvalue weighted by atomic mass is 10.8. The molecule has 1 saturated heterocycles. The largest absolute Gasteiger partial charge is 0.470 e. The average molecular weight is 142 g/mol. The van der Waals surface area contributed by atoms with Gasteiger partial charge in [0.05, 0.1) is 13.2 Å². The fraction of sp³-hybridized carbons (Fsp3) is 0.500. The quantitative estimate of drug-likeness (QED) is 0.524. The Labute approximate surface area is 59.0 Å². The topological polar surface area (TPSA) is 30.9 Å². The van der Waals surface area contributed by atoms with Crippen molar-refractivity contribution in [2.45, 2.75) is 6.41 Å². The minimum Gasteiger partial charge on any atom is -0.470 e. The smallest absolute Gasteiger partial charge is 0.243 e. The molecule has 0 aromatic heterocycles. The van der Waals surface area contributed by atoms with E-state index in [9.17, 15) is 0 Å². The summed E-state index contributed by atoms with van der Waals surface area (Å²) in [6.45, 7) is 2.86. The molecule has 0 unspecified atom stereocenters. The molecular formula is C6H8NO3. The lowest BCUT2D eigenvalue weighted by Gasteiger charge is -2.18. The molecule has 0 atom stereocenters. The van der Waals surface area contributed by atoms with Gasteiger partial charge in [-0.15, -0.1) is 0 Å². The Balaban J connectivity index is 1.91. The van der Waals surface area contributed by atoms with Crippen LogP contribution in [0.15, 0.2) is 12.5 Å². The van der Waals surface area contributed by atoms with Crippen molar-refractivity contribution in [1.29, 1.82) is 0 Å². The summed E-state index contributed by atoms with van der Waals surface area (Å²) in [7, 11) is 0. The molecule has 1 radical (unpaired) electrons. The van der Waals surface area contributed by atoms with Gasteiger partial charge in [0.2, 0.25) is 13.1 Å². The Bertz CT molecular complexity index is 142. The van der Waals surface area contributed by atoms with Crippen molar-refractivity contribution in [2.24, 2.45) is 0 Å². The highest BCUT2D eigenvalue weighted by molar-refractivity contribution is 4.86. The third kappa shape index (κ3) is 0.955. The summed E-state index contributed by atoms with van der Waals surface area (Å²) < 4.78 is 15.2. The third-order valence-corrected chi connectivity index (χ3v) is 1.34. The van der Waals surface area contributed by atoms with E-state index >= 15 is 0 Å². The first-order chi connectivity index (χ1) is 4.97. The molecule has 0 saturated carbocycles. The van der Waals surface area contributed by atoms with E-state index in [4.69, 9.17) is 14.2 Å². The van der Waals surface area contributed by atoms with Crippen LogP contribution in [0.1, 0.15) is 0 Å². The van der Waals surface area contributed by atoms with E-state index in [1.165, 1.54) is 0 Å². The molecule has 0 bridgehead atoms. The van der Waals surface area contributed by atoms with Crippen molar-refractivity contribution >= 4 is 0 Å². The first-order valence-corrected chi connectivity index (χ1v) is 3.13. The molecule has 0 N–H and O–H groups in total. The predicted molar refractivity (Wildman–Crippen MR) is 32.1 cm³/mol. The number of hydrogen-bond acceptors (Lipinski definition) is 4. The number of nitrogens with zero attached hydrogens (tertiary/aromatic N) is 1. The third-order valence-electron chi connectivity index (χ3n) is 1.34. The number of hydrogen-bond donors (Lipinski definition) is 0. The van der Waals surface area contributed by atoms with Gasteiger partial charge in [0.25, 0.3) is 0 Å². The lowest BCUT2D eigenvalue weighted by Crippen LogP contribution is -2.27. The van der Waals surface area contributed by atoms with Crippen molar-refractivity contribution in [3.63, 3.8) is 0 Å². The van der Waals surface area contributed by atoms with Gasteiger partial charge in [-0.3, -0.25) is 4.90 Å². The maximum atomic E-state index is 5.18. The summed E-state index contributed by atoms with van der Waals surface area (Å²) in [5.74, 6) is 0. The van der Waals surface area contributed by atoms with Crippen LogP contribution in [0.3, 0.4) is 0 Å². The minimum atomic E-state index is -0.279. The summed E-state index contributed by atoms with van der Waals surface area (Å²) in [5, 5.41) is 0. The Morgan fingerprint density at radius 1 is 1.30 bits per heavy atom. The molecule has 0 aromatic carbocycles. The van der Waals surface area contributed by atoms with Crippen LogP contribution in [0.4, 0.5) is 0 Å². The minimum absolute atomic E-state index is 0.279. The molecule has 2 aliphatic heterocycles. The number of ether oxygens (including phenoxy) is 3. The van der Waals surface area contributed by atoms with Gasteiger partial charge in [0.15, 0.2) is 0 Å². The Morgan fingerprint density at radius 3 is 2.70 bits per heavy atom. The Morgan fingerprint density at radius 2 is 2.10 bits per heavy atom. The molecule has 2 rings (SSSR count). The first kappa shape index (κ1) is 6.00. The predicted octanol–water partition coefficient (Wildman–Crippen LogP) is 0.239. The molecule has 2 heterocycles. The molecule has 0 aliphatic carbocycles. The molecule has 4 heteroatoms. The van der Waals surface area contributed by atoms with E-state index in [-0.39, 0.29) is 6.41 Å². The average Bonchev–Trinajstić information content (AvgIpc) is 2.59. The van der Waals surface area contributed by atoms with Gasteiger partial charge < -0.3 is 14.2 Å². The van der Waals surface area contributed by atoms with Crippen LogP contribution < -0.4 is 0 Å². The van der Waals surface area contributed by atoms with Crippen LogP contribution in [-0.2, 0) is 14.2 Å². The van der Waals surface area contributed by atoms with Gasteiger partial charge in [-0.2, -0.15) is 0 Å². The second-order valence-corrected chi connectivity index (χ2v) is 2.02. The zero-order valence-electron chi connectivity index (χ0n) is 5.40. The van der Waals surface area contributed by atoms with E-state index < -0.39 is 0 Å². The molecule has 55 valence electrons. The molecule has 0 spiro atoms. The van der Waals surface area contributed by atoms with Crippen molar-refractivity contribution in [2.75, 3.05) is 13.2 Å². The van der Waals surface area contributed by atoms with Gasteiger partial charge >= 0.3 is 0 Å². The van der Waals surface area contributed by atoms with Gasteiger partial charge in [-0.05, 0) is 0 Å². The highest BCUT2D eigenvalue weighted by Gasteiger charge is 2.24. The van der Waals surface area contributed by atoms with Crippen molar-refractivity contribution in [1.82, 2.24) is 4.90 Å². The van der Waals surface area contributed by atoms with E-state index in [1.807, 2.05) is 0 Å². The monoisotopic (exact) mass is 142 g/mol. The van der Waals surface area contributed by atoms with Crippen molar-refractivity contribution in [3.8, 4) is 0 Å². The highest BCUT2D eigenvalue weighted by Crippen LogP contribution is 2.15. The van der Waals surface area contributed by atoms with Crippen LogP contribution in [0.25, 0.3) is 0 Å². The number of rotatable bonds is 1. The Kier molecular flexibility index (Phi) is 1.49. The van der Waals surface area contributed by atoms with Crippen molar-refractivity contribution in [3.05, 3.63) is 19.2 Å². The zero-order chi connectivity index (χ0) is 6.81. The maximum Gasteiger partial charge on any atom is 0.243 e. The highest BCUT2D eigenvalue weighted by atomic mass is 16.7. The van der Waals surface area contributed by atoms with Crippen LogP contribution >= 0.6 is 0 Å². The van der Waals surface area contributed by atoms with E-state index in [0.717, 1.165) is 0 Å². The van der Waals surface area contributed by atoms with Gasteiger partial charge in [0, 0.05) is 6.20 Å². The standard InChI is InChI=1S/C6H8NO3/c1-2-8-5-7(1)6-9-3-4-10-6/h1-2,5-6H,3-4H2. The fourth-order valence-electron chi connectivity index (χ4n) is 0.884. The molecule has 2 aliphatic rings. The van der Waals surface area contributed by atoms with Crippen LogP contribution in [-0.4, -0.2) is 24.5 Å². The molecule has 10 heavy (non-hydrogen) atoms. The molecule has 4 nitrogen and oxygen atoms in total. The molecule has 0 aromatic rings. The Hall–Kier alpha value is -0.740. The van der Waals surface area contributed by atoms with E-state index in [1.54, 1.807) is 24.1 Å². The SMILES string of the molecule is [CH]1OC=CN1C1OCCO1. The fourth-order valence-corrected chi connectivity index (χ4v) is 0.884. The van der Waals surface area contributed by atoms with E-state index in [0.29, 0.717) is 13.2 Å². The van der Waals surface area contributed by atoms with Crippen LogP contribution in [0.5, 0.6) is 0 Å². The van der Waals surface area contributed by atoms with Gasteiger partial charge in [0.1, 0.15) is 6.26 Å². The van der Waals surface area contributed by atoms with Gasteiger partial charge in [-0.25, -0.2) is 0 Å². The zero-order valence-corrected chi connectivity index (χ0v) is 5.40. The lowest BCUT2D eigenvalue weighted by molar-refractivity contribution is -0.129. The van der Waals surface area contributed by atoms with Gasteiger partial charge in [-0.1, -0.05) is 0 Å². The second-order valence-electron chi connectivity index (χ2n) is 2.02. The maximum absolute atomic E-state index is 5.18. The molecule has 0 amide bonds. The normalized spacial score (nSPS) is 25.8. The first-order valence-electron chi connectivity index (χ1n) is 3.13. The summed E-state index contributed by atoms with van der Waals surface area (Å²) in [5.41, 5.74) is 0. The molecule has 1 fully saturated rings. The van der Waals surface area contributed by atoms with Crippen LogP contribution in [0.2, 0.25) is 0 Å². The summed E-state index contributed by atoms with van der Waals surface area (Å²) in [6.07, 6.45) is 3.06. The summed E-state index contributed by atoms with van der Waals surface area (Å²) in [6, 6.07) is 0. The summed E-state index contributed by atoms with van der Waals surface area (Å²) in [4.78, 5) is 1.73. The van der Waals surface area contributed by atoms with Crippen LogP contribution in [0, 0.1) is 6.73 Å². The molecular weight excluding hydrogens is 134 g/mol. The summed E-state index contributed by atoms with van der Waals surface area (Å²) >= 11 is 0. The van der Waals surface area contributed by atoms with Crippen molar-refractivity contribution < 1.29 is 14.2 Å². The second kappa shape index (κ2) is 2.48. The van der Waals surface area contributed by atoms with E-state index in [2.05, 4.69) is 0 Å².